The number of urea groups is 1. The molecule has 2 aromatic carbocycles. The lowest BCUT2D eigenvalue weighted by Gasteiger charge is -2.43. The summed E-state index contributed by atoms with van der Waals surface area (Å²) in [4.78, 5) is 28.1. The minimum Gasteiger partial charge on any atom is -0.386 e. The number of carbonyl (C=O) groups excluding carboxylic acids is 2. The largest absolute Gasteiger partial charge is 0.386 e. The highest BCUT2D eigenvalue weighted by atomic mass is 19.1. The zero-order valence-corrected chi connectivity index (χ0v) is 21.2. The van der Waals surface area contributed by atoms with Gasteiger partial charge in [0, 0.05) is 17.8 Å². The Bertz CT molecular complexity index is 1050. The summed E-state index contributed by atoms with van der Waals surface area (Å²) in [5.41, 5.74) is 6.89. The molecule has 2 amide bonds. The molecule has 2 aliphatic rings. The van der Waals surface area contributed by atoms with Crippen molar-refractivity contribution in [3.63, 3.8) is 0 Å². The second-order valence-electron chi connectivity index (χ2n) is 10.7. The smallest absolute Gasteiger partial charge is 0.319 e. The Balaban J connectivity index is 1.45. The lowest BCUT2D eigenvalue weighted by atomic mass is 9.83. The van der Waals surface area contributed by atoms with Crippen LogP contribution in [-0.2, 0) is 6.42 Å². The van der Waals surface area contributed by atoms with Crippen LogP contribution in [0, 0.1) is 17.7 Å². The number of benzene rings is 2. The lowest BCUT2D eigenvalue weighted by molar-refractivity contribution is -0.0426. The molecule has 4 rings (SSSR count). The maximum absolute atomic E-state index is 13.2. The molecule has 3 N–H and O–H groups in total. The molecule has 2 aromatic rings. The summed E-state index contributed by atoms with van der Waals surface area (Å²) >= 11 is 0. The summed E-state index contributed by atoms with van der Waals surface area (Å²) in [5, 5.41) is 12.1. The number of halogens is 1. The van der Waals surface area contributed by atoms with Gasteiger partial charge in [0.15, 0.2) is 5.78 Å². The Labute approximate surface area is 213 Å². The number of amides is 2. The van der Waals surface area contributed by atoms with Crippen LogP contribution >= 0.6 is 0 Å². The highest BCUT2D eigenvalue weighted by Gasteiger charge is 2.42. The van der Waals surface area contributed by atoms with E-state index in [-0.39, 0.29) is 24.1 Å². The summed E-state index contributed by atoms with van der Waals surface area (Å²) < 4.78 is 13.2. The Morgan fingerprint density at radius 2 is 1.75 bits per heavy atom. The van der Waals surface area contributed by atoms with Gasteiger partial charge in [-0.05, 0) is 93.8 Å². The molecule has 6 nitrogen and oxygen atoms in total. The van der Waals surface area contributed by atoms with E-state index in [1.165, 1.54) is 24.0 Å². The van der Waals surface area contributed by atoms with Crippen LogP contribution in [0.3, 0.4) is 0 Å². The highest BCUT2D eigenvalue weighted by molar-refractivity contribution is 5.97. The SMILES string of the molecule is CC(=O)c1cccc(N(C[C@@](O)(CN2CCC(Cc3ccc(F)cc3)CC2)C2CCCC2)C(N)=O)c1. The Kier molecular flexibility index (Phi) is 8.42. The quantitative estimate of drug-likeness (QED) is 0.490. The predicted molar refractivity (Wildman–Crippen MR) is 140 cm³/mol. The van der Waals surface area contributed by atoms with E-state index in [9.17, 15) is 19.1 Å². The molecule has 0 spiro atoms. The number of carbonyl (C=O) groups is 2. The van der Waals surface area contributed by atoms with Crippen LogP contribution in [0.2, 0.25) is 0 Å². The molecule has 0 radical (unpaired) electrons. The maximum atomic E-state index is 13.2. The predicted octanol–water partition coefficient (Wildman–Crippen LogP) is 4.79. The monoisotopic (exact) mass is 495 g/mol. The molecule has 1 heterocycles. The van der Waals surface area contributed by atoms with Crippen LogP contribution in [0.1, 0.15) is 61.4 Å². The van der Waals surface area contributed by atoms with Gasteiger partial charge in [-0.3, -0.25) is 9.69 Å². The fraction of sp³-hybridized carbons (Fsp3) is 0.517. The molecule has 1 aliphatic heterocycles. The number of β-amino-alcohol motifs (C(OH)–C–C–N with tert-alkyl or cyclic N) is 1. The summed E-state index contributed by atoms with van der Waals surface area (Å²) in [7, 11) is 0. The van der Waals surface area contributed by atoms with E-state index in [0.717, 1.165) is 63.6 Å². The van der Waals surface area contributed by atoms with Gasteiger partial charge in [0.05, 0.1) is 12.1 Å². The van der Waals surface area contributed by atoms with Gasteiger partial charge in [-0.25, -0.2) is 9.18 Å². The first-order valence-electron chi connectivity index (χ1n) is 13.1. The second-order valence-corrected chi connectivity index (χ2v) is 10.7. The number of rotatable bonds is 9. The van der Waals surface area contributed by atoms with Crippen LogP contribution in [0.15, 0.2) is 48.5 Å². The molecular formula is C29H38FN3O3. The average Bonchev–Trinajstić information content (AvgIpc) is 3.41. The van der Waals surface area contributed by atoms with Gasteiger partial charge < -0.3 is 15.7 Å². The second kappa shape index (κ2) is 11.5. The zero-order chi connectivity index (χ0) is 25.7. The zero-order valence-electron chi connectivity index (χ0n) is 21.2. The number of aliphatic hydroxyl groups is 1. The third-order valence-corrected chi connectivity index (χ3v) is 8.02. The van der Waals surface area contributed by atoms with E-state index in [1.807, 2.05) is 12.1 Å². The molecule has 7 heteroatoms. The van der Waals surface area contributed by atoms with Crippen molar-refractivity contribution < 1.29 is 19.1 Å². The van der Waals surface area contributed by atoms with Crippen LogP contribution < -0.4 is 10.6 Å². The van der Waals surface area contributed by atoms with Crippen LogP contribution in [0.25, 0.3) is 0 Å². The van der Waals surface area contributed by atoms with Crippen LogP contribution in [0.4, 0.5) is 14.9 Å². The van der Waals surface area contributed by atoms with Gasteiger partial charge in [-0.1, -0.05) is 37.1 Å². The number of primary amides is 1. The van der Waals surface area contributed by atoms with Gasteiger partial charge in [0.2, 0.25) is 0 Å². The van der Waals surface area contributed by atoms with E-state index < -0.39 is 11.6 Å². The molecule has 1 atom stereocenters. The molecule has 2 fully saturated rings. The van der Waals surface area contributed by atoms with Gasteiger partial charge in [-0.15, -0.1) is 0 Å². The Hall–Kier alpha value is -2.77. The van der Waals surface area contributed by atoms with Gasteiger partial charge in [0.1, 0.15) is 5.82 Å². The van der Waals surface area contributed by atoms with Crippen molar-refractivity contribution in [3.8, 4) is 0 Å². The van der Waals surface area contributed by atoms with Crippen molar-refractivity contribution in [1.82, 2.24) is 4.90 Å². The van der Waals surface area contributed by atoms with Crippen molar-refractivity contribution in [1.29, 1.82) is 0 Å². The summed E-state index contributed by atoms with van der Waals surface area (Å²) in [6.07, 6.45) is 6.96. The van der Waals surface area contributed by atoms with Crippen LogP contribution in [-0.4, -0.2) is 53.6 Å². The molecule has 1 aliphatic carbocycles. The van der Waals surface area contributed by atoms with E-state index in [1.54, 1.807) is 24.3 Å². The number of ketones is 1. The number of anilines is 1. The third-order valence-electron chi connectivity index (χ3n) is 8.02. The fourth-order valence-electron chi connectivity index (χ4n) is 5.92. The first-order valence-corrected chi connectivity index (χ1v) is 13.1. The highest BCUT2D eigenvalue weighted by Crippen LogP contribution is 2.37. The minimum absolute atomic E-state index is 0.0872. The lowest BCUT2D eigenvalue weighted by Crippen LogP contribution is -2.57. The maximum Gasteiger partial charge on any atom is 0.319 e. The fourth-order valence-corrected chi connectivity index (χ4v) is 5.92. The molecular weight excluding hydrogens is 457 g/mol. The molecule has 0 unspecified atom stereocenters. The van der Waals surface area contributed by atoms with E-state index in [0.29, 0.717) is 23.7 Å². The summed E-state index contributed by atoms with van der Waals surface area (Å²) in [6.45, 7) is 3.82. The molecule has 0 aromatic heterocycles. The van der Waals surface area contributed by atoms with E-state index in [2.05, 4.69) is 4.90 Å². The van der Waals surface area contributed by atoms with E-state index in [4.69, 9.17) is 5.73 Å². The Morgan fingerprint density at radius 3 is 2.36 bits per heavy atom. The Morgan fingerprint density at radius 1 is 1.08 bits per heavy atom. The van der Waals surface area contributed by atoms with Crippen molar-refractivity contribution in [2.45, 2.75) is 57.5 Å². The van der Waals surface area contributed by atoms with Gasteiger partial charge in [-0.2, -0.15) is 0 Å². The standard InChI is InChI=1S/C29H38FN3O3/c1-21(34)24-5-4-8-27(18-24)33(28(31)35)20-29(36,25-6-2-3-7-25)19-32-15-13-23(14-16-32)17-22-9-11-26(30)12-10-22/h4-5,8-12,18,23,25,36H,2-3,6-7,13-17,19-20H2,1H3,(H2,31,35)/t29-/m0/s1. The molecule has 36 heavy (non-hydrogen) atoms. The third kappa shape index (κ3) is 6.51. The van der Waals surface area contributed by atoms with Crippen molar-refractivity contribution in [2.75, 3.05) is 31.1 Å². The number of nitrogens with zero attached hydrogens (tertiary/aromatic N) is 2. The first-order chi connectivity index (χ1) is 17.2. The topological polar surface area (TPSA) is 86.9 Å². The molecule has 1 saturated carbocycles. The van der Waals surface area contributed by atoms with E-state index >= 15 is 0 Å². The van der Waals surface area contributed by atoms with Crippen LogP contribution in [0.5, 0.6) is 0 Å². The normalized spacial score (nSPS) is 19.2. The summed E-state index contributed by atoms with van der Waals surface area (Å²) in [6, 6.07) is 13.0. The summed E-state index contributed by atoms with van der Waals surface area (Å²) in [5.74, 6) is 0.323. The number of nitrogens with two attached hydrogens (primary N) is 1. The number of Topliss-reactive ketones (excluding diaryl/α,β-unsaturated/α-hetero) is 1. The minimum atomic E-state index is -1.10. The molecule has 194 valence electrons. The molecule has 0 bridgehead atoms. The number of hydrogen-bond acceptors (Lipinski definition) is 4. The van der Waals surface area contributed by atoms with Crippen molar-refractivity contribution >= 4 is 17.5 Å². The number of piperidine rings is 1. The van der Waals surface area contributed by atoms with Crippen molar-refractivity contribution in [2.24, 2.45) is 17.6 Å². The average molecular weight is 496 g/mol. The van der Waals surface area contributed by atoms with Gasteiger partial charge in [0.25, 0.3) is 0 Å². The number of likely N-dealkylation sites (tertiary alicyclic amines) is 1. The van der Waals surface area contributed by atoms with Gasteiger partial charge >= 0.3 is 6.03 Å². The molecule has 1 saturated heterocycles. The van der Waals surface area contributed by atoms with Crippen molar-refractivity contribution in [3.05, 3.63) is 65.5 Å². The first kappa shape index (κ1) is 26.3. The number of hydrogen-bond donors (Lipinski definition) is 2.